The van der Waals surface area contributed by atoms with Crippen LogP contribution in [0.1, 0.15) is 31.5 Å². The van der Waals surface area contributed by atoms with Gasteiger partial charge in [-0.2, -0.15) is 5.26 Å². The Hall–Kier alpha value is -1.41. The molecular weight excluding hydrogens is 224 g/mol. The lowest BCUT2D eigenvalue weighted by molar-refractivity contribution is -0.142. The van der Waals surface area contributed by atoms with Crippen molar-refractivity contribution in [3.63, 3.8) is 0 Å². The monoisotopic (exact) mass is 238 g/mol. The fourth-order valence-electron chi connectivity index (χ4n) is 1.08. The maximum absolute atomic E-state index is 11.2. The van der Waals surface area contributed by atoms with Crippen LogP contribution in [-0.2, 0) is 21.4 Å². The maximum atomic E-state index is 11.2. The van der Waals surface area contributed by atoms with Crippen LogP contribution in [0.3, 0.4) is 0 Å². The van der Waals surface area contributed by atoms with Crippen LogP contribution in [0.5, 0.6) is 0 Å². The van der Waals surface area contributed by atoms with E-state index >= 15 is 0 Å². The minimum Gasteiger partial charge on any atom is -0.466 e. The van der Waals surface area contributed by atoms with E-state index in [0.29, 0.717) is 12.3 Å². The highest BCUT2D eigenvalue weighted by molar-refractivity contribution is 7.09. The Bertz CT molecular complexity index is 418. The zero-order valence-electron chi connectivity index (χ0n) is 9.61. The van der Waals surface area contributed by atoms with Crippen LogP contribution >= 0.6 is 11.3 Å². The summed E-state index contributed by atoms with van der Waals surface area (Å²) in [5.41, 5.74) is 0.0687. The first-order valence-corrected chi connectivity index (χ1v) is 5.89. The SMILES string of the molecule is CCOC(=O)Cc1csc(C(C)(C)C#N)n1. The van der Waals surface area contributed by atoms with Crippen molar-refractivity contribution in [3.05, 3.63) is 16.1 Å². The molecule has 0 amide bonds. The number of esters is 1. The molecule has 0 bridgehead atoms. The van der Waals surface area contributed by atoms with Crippen molar-refractivity contribution >= 4 is 17.3 Å². The molecule has 1 rings (SSSR count). The van der Waals surface area contributed by atoms with Crippen LogP contribution in [0.4, 0.5) is 0 Å². The summed E-state index contributed by atoms with van der Waals surface area (Å²) in [4.78, 5) is 15.5. The molecule has 0 aliphatic heterocycles. The Balaban J connectivity index is 2.73. The highest BCUT2D eigenvalue weighted by Crippen LogP contribution is 2.25. The largest absolute Gasteiger partial charge is 0.466 e. The molecule has 0 fully saturated rings. The summed E-state index contributed by atoms with van der Waals surface area (Å²) >= 11 is 1.40. The van der Waals surface area contributed by atoms with Crippen molar-refractivity contribution in [2.24, 2.45) is 0 Å². The molecule has 1 aromatic heterocycles. The van der Waals surface area contributed by atoms with Gasteiger partial charge in [-0.05, 0) is 20.8 Å². The lowest BCUT2D eigenvalue weighted by atomic mass is 9.97. The van der Waals surface area contributed by atoms with E-state index in [1.807, 2.05) is 0 Å². The van der Waals surface area contributed by atoms with E-state index in [9.17, 15) is 4.79 Å². The zero-order chi connectivity index (χ0) is 12.2. The second kappa shape index (κ2) is 5.08. The van der Waals surface area contributed by atoms with Gasteiger partial charge in [-0.25, -0.2) is 4.98 Å². The molecule has 0 spiro atoms. The summed E-state index contributed by atoms with van der Waals surface area (Å²) in [6.45, 7) is 5.75. The highest BCUT2D eigenvalue weighted by Gasteiger charge is 2.24. The molecule has 0 saturated heterocycles. The van der Waals surface area contributed by atoms with Gasteiger partial charge >= 0.3 is 5.97 Å². The predicted molar refractivity (Wildman–Crippen MR) is 61.1 cm³/mol. The van der Waals surface area contributed by atoms with Gasteiger partial charge in [0.25, 0.3) is 0 Å². The second-order valence-corrected chi connectivity index (χ2v) is 4.72. The minimum absolute atomic E-state index is 0.172. The van der Waals surface area contributed by atoms with Crippen molar-refractivity contribution < 1.29 is 9.53 Å². The van der Waals surface area contributed by atoms with E-state index in [0.717, 1.165) is 5.01 Å². The molecule has 0 aliphatic carbocycles. The third kappa shape index (κ3) is 3.04. The molecule has 4 nitrogen and oxygen atoms in total. The Morgan fingerprint density at radius 2 is 2.38 bits per heavy atom. The van der Waals surface area contributed by atoms with Gasteiger partial charge in [0.05, 0.1) is 24.8 Å². The molecule has 0 aliphatic rings. The number of nitriles is 1. The van der Waals surface area contributed by atoms with Gasteiger partial charge in [-0.1, -0.05) is 0 Å². The second-order valence-electron chi connectivity index (χ2n) is 3.86. The van der Waals surface area contributed by atoms with Gasteiger partial charge in [0.15, 0.2) is 0 Å². The number of ether oxygens (including phenoxy) is 1. The molecule has 86 valence electrons. The normalized spacial score (nSPS) is 10.9. The number of rotatable bonds is 4. The third-order valence-electron chi connectivity index (χ3n) is 2.00. The van der Waals surface area contributed by atoms with Gasteiger partial charge in [-0.3, -0.25) is 4.79 Å². The summed E-state index contributed by atoms with van der Waals surface area (Å²) in [7, 11) is 0. The van der Waals surface area contributed by atoms with E-state index in [4.69, 9.17) is 10.00 Å². The maximum Gasteiger partial charge on any atom is 0.311 e. The number of nitrogens with zero attached hydrogens (tertiary/aromatic N) is 2. The average molecular weight is 238 g/mol. The zero-order valence-corrected chi connectivity index (χ0v) is 10.4. The van der Waals surface area contributed by atoms with Gasteiger partial charge in [0, 0.05) is 5.38 Å². The van der Waals surface area contributed by atoms with E-state index in [1.165, 1.54) is 11.3 Å². The van der Waals surface area contributed by atoms with Crippen molar-refractivity contribution in [2.75, 3.05) is 6.61 Å². The van der Waals surface area contributed by atoms with Crippen LogP contribution in [0.2, 0.25) is 0 Å². The standard InChI is InChI=1S/C11H14N2O2S/c1-4-15-9(14)5-8-6-16-10(13-8)11(2,3)7-12/h6H,4-5H2,1-3H3. The number of hydrogen-bond acceptors (Lipinski definition) is 5. The third-order valence-corrected chi connectivity index (χ3v) is 3.21. The molecule has 0 N–H and O–H groups in total. The van der Waals surface area contributed by atoms with E-state index < -0.39 is 5.41 Å². The Kier molecular flexibility index (Phi) is 4.02. The number of carbonyl (C=O) groups excluding carboxylic acids is 1. The first-order valence-electron chi connectivity index (χ1n) is 5.01. The summed E-state index contributed by atoms with van der Waals surface area (Å²) in [5.74, 6) is -0.283. The predicted octanol–water partition coefficient (Wildman–Crippen LogP) is 2.05. The molecule has 1 heterocycles. The van der Waals surface area contributed by atoms with Crippen LogP contribution in [0, 0.1) is 11.3 Å². The van der Waals surface area contributed by atoms with Crippen LogP contribution in [0.25, 0.3) is 0 Å². The molecule has 16 heavy (non-hydrogen) atoms. The first kappa shape index (κ1) is 12.7. The highest BCUT2D eigenvalue weighted by atomic mass is 32.1. The average Bonchev–Trinajstić information content (AvgIpc) is 2.67. The smallest absolute Gasteiger partial charge is 0.311 e. The topological polar surface area (TPSA) is 63.0 Å². The Morgan fingerprint density at radius 1 is 1.69 bits per heavy atom. The molecule has 0 unspecified atom stereocenters. The summed E-state index contributed by atoms with van der Waals surface area (Å²) in [6, 6.07) is 2.18. The molecular formula is C11H14N2O2S. The lowest BCUT2D eigenvalue weighted by Gasteiger charge is -2.09. The minimum atomic E-state index is -0.600. The summed E-state index contributed by atoms with van der Waals surface area (Å²) < 4.78 is 4.83. The molecule has 5 heteroatoms. The quantitative estimate of drug-likeness (QED) is 0.753. The molecule has 0 atom stereocenters. The van der Waals surface area contributed by atoms with E-state index in [2.05, 4.69) is 11.1 Å². The van der Waals surface area contributed by atoms with Gasteiger partial charge in [0.1, 0.15) is 10.4 Å². The van der Waals surface area contributed by atoms with Crippen molar-refractivity contribution in [2.45, 2.75) is 32.6 Å². The Labute approximate surface area is 98.9 Å². The van der Waals surface area contributed by atoms with Gasteiger partial charge in [0.2, 0.25) is 0 Å². The molecule has 0 radical (unpaired) electrons. The number of hydrogen-bond donors (Lipinski definition) is 0. The number of aromatic nitrogens is 1. The van der Waals surface area contributed by atoms with Gasteiger partial charge in [-0.15, -0.1) is 11.3 Å². The van der Waals surface area contributed by atoms with Crippen LogP contribution in [-0.4, -0.2) is 17.6 Å². The van der Waals surface area contributed by atoms with Crippen molar-refractivity contribution in [1.82, 2.24) is 4.98 Å². The fraction of sp³-hybridized carbons (Fsp3) is 0.545. The van der Waals surface area contributed by atoms with Crippen molar-refractivity contribution in [3.8, 4) is 6.07 Å². The Morgan fingerprint density at radius 3 is 2.94 bits per heavy atom. The fourth-order valence-corrected chi connectivity index (χ4v) is 1.98. The first-order chi connectivity index (χ1) is 7.49. The van der Waals surface area contributed by atoms with Crippen molar-refractivity contribution in [1.29, 1.82) is 5.26 Å². The summed E-state index contributed by atoms with van der Waals surface area (Å²) in [5, 5.41) is 11.5. The van der Waals surface area contributed by atoms with E-state index in [1.54, 1.807) is 26.2 Å². The van der Waals surface area contributed by atoms with E-state index in [-0.39, 0.29) is 12.4 Å². The molecule has 0 aromatic carbocycles. The van der Waals surface area contributed by atoms with Crippen LogP contribution < -0.4 is 0 Å². The van der Waals surface area contributed by atoms with Crippen LogP contribution in [0.15, 0.2) is 5.38 Å². The lowest BCUT2D eigenvalue weighted by Crippen LogP contribution is -2.14. The number of carbonyl (C=O) groups is 1. The molecule has 1 aromatic rings. The molecule has 0 saturated carbocycles. The summed E-state index contributed by atoms with van der Waals surface area (Å²) in [6.07, 6.45) is 0.172. The number of thiazole rings is 1. The van der Waals surface area contributed by atoms with Gasteiger partial charge < -0.3 is 4.74 Å².